The van der Waals surface area contributed by atoms with Crippen molar-refractivity contribution in [3.63, 3.8) is 0 Å². The second-order valence-electron chi connectivity index (χ2n) is 11.9. The fraction of sp³-hybridized carbons (Fsp3) is 0.400. The fourth-order valence-electron chi connectivity index (χ4n) is 5.79. The third-order valence-corrected chi connectivity index (χ3v) is 9.10. The molecule has 2 aromatic carbocycles. The summed E-state index contributed by atoms with van der Waals surface area (Å²) in [5, 5.41) is 36.7. The van der Waals surface area contributed by atoms with Crippen LogP contribution >= 0.6 is 0 Å². The first-order valence-corrected chi connectivity index (χ1v) is 13.5. The summed E-state index contributed by atoms with van der Waals surface area (Å²) in [5.41, 5.74) is -2.00. The first-order chi connectivity index (χ1) is 19.1. The zero-order chi connectivity index (χ0) is 30.0. The standard InChI is InChI=1S/C25H31B4FN4O7/c26-22(27)20(36)32-21(37)23(38,25(22,28)29)34-19(35)15-2-1-3-17(18(15)24(34,39)40)31-11-14-10-13(4-5-16(14)30)12-33-6-8-41-9-7-33/h1-5,10,31,38-40H,6-9,11-12,26-29H2,(H,32,36,37). The Hall–Kier alpha value is -3.16. The lowest BCUT2D eigenvalue weighted by atomic mass is 9.25. The molecule has 5 rings (SSSR count). The van der Waals surface area contributed by atoms with E-state index in [1.54, 1.807) is 12.1 Å². The average Bonchev–Trinajstić information content (AvgIpc) is 3.13. The van der Waals surface area contributed by atoms with E-state index >= 15 is 0 Å². The molecule has 11 nitrogen and oxygen atoms in total. The molecule has 0 bridgehead atoms. The van der Waals surface area contributed by atoms with Crippen molar-refractivity contribution < 1.29 is 38.8 Å². The van der Waals surface area contributed by atoms with Gasteiger partial charge in [0.2, 0.25) is 11.6 Å². The minimum Gasteiger partial charge on any atom is -0.380 e. The van der Waals surface area contributed by atoms with Crippen molar-refractivity contribution in [2.24, 2.45) is 0 Å². The molecule has 0 spiro atoms. The van der Waals surface area contributed by atoms with Crippen LogP contribution in [0.15, 0.2) is 36.4 Å². The highest BCUT2D eigenvalue weighted by Gasteiger charge is 2.71. The highest BCUT2D eigenvalue weighted by molar-refractivity contribution is 6.64. The molecule has 3 heterocycles. The topological polar surface area (TPSA) is 152 Å². The van der Waals surface area contributed by atoms with Crippen molar-refractivity contribution >= 4 is 54.8 Å². The van der Waals surface area contributed by atoms with Crippen molar-refractivity contribution in [2.75, 3.05) is 31.6 Å². The Morgan fingerprint density at radius 3 is 2.37 bits per heavy atom. The van der Waals surface area contributed by atoms with Crippen LogP contribution in [0, 0.1) is 5.82 Å². The molecule has 0 aromatic heterocycles. The first-order valence-electron chi connectivity index (χ1n) is 13.5. The van der Waals surface area contributed by atoms with Gasteiger partial charge in [-0.25, -0.2) is 9.29 Å². The maximum Gasteiger partial charge on any atom is 0.283 e. The SMILES string of the molecule is BC1(B)C(=O)NC(=O)C(O)(N2C(=O)c3cccc(NCc4cc(CN5CCOCC5)ccc4F)c3C2(O)O)C1(B)B. The van der Waals surface area contributed by atoms with Gasteiger partial charge in [-0.05, 0) is 40.3 Å². The molecule has 3 aliphatic heterocycles. The van der Waals surface area contributed by atoms with E-state index < -0.39 is 45.6 Å². The van der Waals surface area contributed by atoms with Gasteiger partial charge in [-0.2, -0.15) is 0 Å². The van der Waals surface area contributed by atoms with Gasteiger partial charge < -0.3 is 25.4 Å². The molecule has 0 saturated carbocycles. The molecule has 16 heteroatoms. The number of piperidine rings is 1. The van der Waals surface area contributed by atoms with Gasteiger partial charge in [0.1, 0.15) is 37.2 Å². The van der Waals surface area contributed by atoms with E-state index in [1.165, 1.54) is 55.7 Å². The summed E-state index contributed by atoms with van der Waals surface area (Å²) in [4.78, 5) is 41.9. The maximum atomic E-state index is 14.8. The minimum atomic E-state index is -3.16. The van der Waals surface area contributed by atoms with Crippen molar-refractivity contribution in [1.82, 2.24) is 15.1 Å². The van der Waals surface area contributed by atoms with Gasteiger partial charge >= 0.3 is 0 Å². The molecule has 3 amide bonds. The van der Waals surface area contributed by atoms with Crippen LogP contribution in [0.5, 0.6) is 0 Å². The van der Waals surface area contributed by atoms with Gasteiger partial charge in [-0.1, -0.05) is 12.1 Å². The van der Waals surface area contributed by atoms with Crippen molar-refractivity contribution in [3.05, 3.63) is 64.5 Å². The number of amides is 3. The molecule has 2 fully saturated rings. The zero-order valence-corrected chi connectivity index (χ0v) is 23.5. The lowest BCUT2D eigenvalue weighted by Crippen LogP contribution is -2.77. The van der Waals surface area contributed by atoms with Crippen molar-refractivity contribution in [3.8, 4) is 0 Å². The van der Waals surface area contributed by atoms with E-state index in [-0.39, 0.29) is 23.4 Å². The summed E-state index contributed by atoms with van der Waals surface area (Å²) >= 11 is 0. The van der Waals surface area contributed by atoms with Crippen LogP contribution in [0.1, 0.15) is 27.0 Å². The molecule has 1 unspecified atom stereocenters. The van der Waals surface area contributed by atoms with Gasteiger partial charge in [-0.15, -0.1) is 0 Å². The Morgan fingerprint density at radius 2 is 1.68 bits per heavy atom. The smallest absolute Gasteiger partial charge is 0.283 e. The average molecular weight is 562 g/mol. The Bertz CT molecular complexity index is 1440. The number of benzene rings is 2. The summed E-state index contributed by atoms with van der Waals surface area (Å²) in [6.07, 6.45) is 0. The normalized spacial score (nSPS) is 25.1. The first kappa shape index (κ1) is 29.3. The highest BCUT2D eigenvalue weighted by atomic mass is 19.1. The second kappa shape index (κ2) is 9.99. The number of nitrogens with one attached hydrogen (secondary N) is 2. The molecule has 2 saturated heterocycles. The number of imide groups is 1. The van der Waals surface area contributed by atoms with Crippen molar-refractivity contribution in [1.29, 1.82) is 0 Å². The number of aliphatic hydroxyl groups is 3. The number of carbonyl (C=O) groups is 3. The van der Waals surface area contributed by atoms with E-state index in [0.29, 0.717) is 30.2 Å². The Labute approximate surface area is 240 Å². The number of carbonyl (C=O) groups excluding carboxylic acids is 3. The predicted octanol–water partition coefficient (Wildman–Crippen LogP) is -4.07. The van der Waals surface area contributed by atoms with E-state index in [1.807, 2.05) is 0 Å². The zero-order valence-electron chi connectivity index (χ0n) is 23.5. The van der Waals surface area contributed by atoms with Gasteiger partial charge in [-0.3, -0.25) is 24.6 Å². The van der Waals surface area contributed by atoms with Crippen LogP contribution in [0.25, 0.3) is 0 Å². The van der Waals surface area contributed by atoms with Crippen LogP contribution in [0.2, 0.25) is 10.4 Å². The van der Waals surface area contributed by atoms with Crippen LogP contribution in [-0.2, 0) is 33.3 Å². The Morgan fingerprint density at radius 1 is 1.00 bits per heavy atom. The number of rotatable bonds is 6. The molecular formula is C25H31B4FN4O7. The molecule has 1 atom stereocenters. The third-order valence-electron chi connectivity index (χ3n) is 9.10. The van der Waals surface area contributed by atoms with Crippen LogP contribution < -0.4 is 10.6 Å². The number of fused-ring (bicyclic) bond motifs is 1. The quantitative estimate of drug-likeness (QED) is 0.135. The number of ether oxygens (including phenoxy) is 1. The second-order valence-corrected chi connectivity index (χ2v) is 11.9. The third kappa shape index (κ3) is 4.40. The number of morpholine rings is 1. The van der Waals surface area contributed by atoms with Gasteiger partial charge in [0.25, 0.3) is 17.7 Å². The van der Waals surface area contributed by atoms with Crippen molar-refractivity contribution in [2.45, 2.75) is 35.2 Å². The fourth-order valence-corrected chi connectivity index (χ4v) is 5.79. The van der Waals surface area contributed by atoms with E-state index in [0.717, 1.165) is 18.7 Å². The van der Waals surface area contributed by atoms with Crippen LogP contribution in [-0.4, -0.2) is 106 Å². The molecule has 2 aromatic rings. The van der Waals surface area contributed by atoms with Crippen LogP contribution in [0.4, 0.5) is 10.1 Å². The minimum absolute atomic E-state index is 0.0543. The number of hydrogen-bond acceptors (Lipinski definition) is 9. The van der Waals surface area contributed by atoms with Gasteiger partial charge in [0.05, 0.1) is 24.3 Å². The summed E-state index contributed by atoms with van der Waals surface area (Å²) in [6.45, 7) is 3.38. The van der Waals surface area contributed by atoms with E-state index in [4.69, 9.17) is 4.74 Å². The largest absolute Gasteiger partial charge is 0.380 e. The Kier molecular flexibility index (Phi) is 7.14. The summed E-state index contributed by atoms with van der Waals surface area (Å²) in [5.74, 6) is -6.58. The van der Waals surface area contributed by atoms with Gasteiger partial charge in [0, 0.05) is 37.4 Å². The van der Waals surface area contributed by atoms with Gasteiger partial charge in [0.15, 0.2) is 0 Å². The van der Waals surface area contributed by atoms with E-state index in [9.17, 15) is 34.1 Å². The number of halogens is 1. The number of hydrogen-bond donors (Lipinski definition) is 5. The molecule has 212 valence electrons. The van der Waals surface area contributed by atoms with Crippen LogP contribution in [0.3, 0.4) is 0 Å². The maximum absolute atomic E-state index is 14.8. The molecular weight excluding hydrogens is 531 g/mol. The molecule has 0 radical (unpaired) electrons. The van der Waals surface area contributed by atoms with E-state index in [2.05, 4.69) is 15.5 Å². The molecule has 41 heavy (non-hydrogen) atoms. The Balaban J connectivity index is 1.46. The predicted molar refractivity (Wildman–Crippen MR) is 156 cm³/mol. The lowest BCUT2D eigenvalue weighted by molar-refractivity contribution is -0.305. The summed E-state index contributed by atoms with van der Waals surface area (Å²) < 4.78 is 20.2. The monoisotopic (exact) mass is 562 g/mol. The molecule has 3 aliphatic rings. The summed E-state index contributed by atoms with van der Waals surface area (Å²) in [6, 6.07) is 9.12. The lowest BCUT2D eigenvalue weighted by Gasteiger charge is -2.58. The molecule has 0 aliphatic carbocycles. The summed E-state index contributed by atoms with van der Waals surface area (Å²) in [7, 11) is 5.78. The molecule has 5 N–H and O–H groups in total. The highest BCUT2D eigenvalue weighted by Crippen LogP contribution is 2.58. The number of nitrogens with zero attached hydrogens (tertiary/aromatic N) is 2. The number of anilines is 1.